The van der Waals surface area contributed by atoms with E-state index >= 15 is 0 Å². The van der Waals surface area contributed by atoms with Crippen molar-refractivity contribution in [3.8, 4) is 0 Å². The van der Waals surface area contributed by atoms with E-state index in [4.69, 9.17) is 10.7 Å². The van der Waals surface area contributed by atoms with Crippen molar-refractivity contribution in [3.63, 3.8) is 0 Å². The molecule has 1 aliphatic heterocycles. The summed E-state index contributed by atoms with van der Waals surface area (Å²) in [5.74, 6) is 3.55. The lowest BCUT2D eigenvalue weighted by atomic mass is 9.95. The summed E-state index contributed by atoms with van der Waals surface area (Å²) in [4.78, 5) is 9.42. The van der Waals surface area contributed by atoms with Gasteiger partial charge in [-0.05, 0) is 18.4 Å². The minimum Gasteiger partial charge on any atom is -0.383 e. The third-order valence-corrected chi connectivity index (χ3v) is 5.08. The minimum atomic E-state index is 0.0255. The maximum absolute atomic E-state index is 6.11. The standard InChI is InChI=1S/C15H15N3S/c16-13-11-8-19-9-12(11)17-14(18-13)15(6-7-15)10-4-2-1-3-5-10/h1-5H,6-9H2,(H2,16,17,18). The lowest BCUT2D eigenvalue weighted by molar-refractivity contribution is 0.747. The quantitative estimate of drug-likeness (QED) is 0.910. The molecule has 96 valence electrons. The largest absolute Gasteiger partial charge is 0.383 e. The van der Waals surface area contributed by atoms with Gasteiger partial charge in [0.1, 0.15) is 11.6 Å². The van der Waals surface area contributed by atoms with E-state index in [0.29, 0.717) is 5.82 Å². The normalized spacial score (nSPS) is 19.2. The van der Waals surface area contributed by atoms with Gasteiger partial charge >= 0.3 is 0 Å². The number of aromatic nitrogens is 2. The number of thioether (sulfide) groups is 1. The molecule has 0 radical (unpaired) electrons. The second kappa shape index (κ2) is 3.97. The molecule has 1 aromatic carbocycles. The highest BCUT2D eigenvalue weighted by molar-refractivity contribution is 7.98. The molecule has 2 aliphatic rings. The molecule has 0 saturated heterocycles. The third-order valence-electron chi connectivity index (χ3n) is 4.11. The Hall–Kier alpha value is -1.55. The van der Waals surface area contributed by atoms with Crippen molar-refractivity contribution >= 4 is 17.6 Å². The number of rotatable bonds is 2. The molecular formula is C15H15N3S. The first kappa shape index (κ1) is 11.3. The van der Waals surface area contributed by atoms with Gasteiger partial charge in [-0.15, -0.1) is 0 Å². The van der Waals surface area contributed by atoms with Crippen LogP contribution in [0.1, 0.15) is 35.5 Å². The third kappa shape index (κ3) is 1.66. The van der Waals surface area contributed by atoms with Gasteiger partial charge in [0, 0.05) is 17.1 Å². The summed E-state index contributed by atoms with van der Waals surface area (Å²) < 4.78 is 0. The Morgan fingerprint density at radius 3 is 2.58 bits per heavy atom. The first-order chi connectivity index (χ1) is 9.29. The van der Waals surface area contributed by atoms with Crippen LogP contribution in [0.4, 0.5) is 5.82 Å². The van der Waals surface area contributed by atoms with Gasteiger partial charge in [0.15, 0.2) is 0 Å². The molecule has 3 nitrogen and oxygen atoms in total. The number of nitrogens with two attached hydrogens (primary N) is 1. The van der Waals surface area contributed by atoms with Gasteiger partial charge in [-0.1, -0.05) is 30.3 Å². The van der Waals surface area contributed by atoms with Gasteiger partial charge in [-0.25, -0.2) is 9.97 Å². The summed E-state index contributed by atoms with van der Waals surface area (Å²) >= 11 is 1.87. The molecule has 1 aromatic heterocycles. The lowest BCUT2D eigenvalue weighted by Crippen LogP contribution is -2.16. The number of anilines is 1. The molecule has 0 bridgehead atoms. The van der Waals surface area contributed by atoms with Gasteiger partial charge in [0.25, 0.3) is 0 Å². The summed E-state index contributed by atoms with van der Waals surface area (Å²) in [6.45, 7) is 0. The summed E-state index contributed by atoms with van der Waals surface area (Å²) in [7, 11) is 0. The van der Waals surface area contributed by atoms with Gasteiger partial charge in [-0.3, -0.25) is 0 Å². The number of benzene rings is 1. The van der Waals surface area contributed by atoms with Crippen LogP contribution < -0.4 is 5.73 Å². The van der Waals surface area contributed by atoms with Crippen molar-refractivity contribution in [1.29, 1.82) is 0 Å². The van der Waals surface area contributed by atoms with Crippen LogP contribution in [0, 0.1) is 0 Å². The van der Waals surface area contributed by atoms with Crippen LogP contribution in [0.5, 0.6) is 0 Å². The first-order valence-corrected chi connectivity index (χ1v) is 7.74. The molecule has 1 fully saturated rings. The molecule has 2 heterocycles. The Morgan fingerprint density at radius 1 is 1.05 bits per heavy atom. The Kier molecular flexibility index (Phi) is 2.36. The zero-order chi connectivity index (χ0) is 12.9. The van der Waals surface area contributed by atoms with Crippen molar-refractivity contribution in [3.05, 3.63) is 53.0 Å². The van der Waals surface area contributed by atoms with Gasteiger partial charge in [0.05, 0.1) is 11.1 Å². The molecule has 19 heavy (non-hydrogen) atoms. The summed E-state index contributed by atoms with van der Waals surface area (Å²) in [6, 6.07) is 10.6. The van der Waals surface area contributed by atoms with E-state index in [0.717, 1.165) is 41.4 Å². The van der Waals surface area contributed by atoms with E-state index in [1.165, 1.54) is 5.56 Å². The van der Waals surface area contributed by atoms with Crippen LogP contribution in [-0.2, 0) is 16.9 Å². The number of nitrogen functional groups attached to an aromatic ring is 1. The molecule has 1 saturated carbocycles. The number of fused-ring (bicyclic) bond motifs is 1. The van der Waals surface area contributed by atoms with Crippen LogP contribution >= 0.6 is 11.8 Å². The first-order valence-electron chi connectivity index (χ1n) is 6.59. The molecular weight excluding hydrogens is 254 g/mol. The molecule has 1 aliphatic carbocycles. The topological polar surface area (TPSA) is 51.8 Å². The van der Waals surface area contributed by atoms with E-state index in [9.17, 15) is 0 Å². The molecule has 2 N–H and O–H groups in total. The molecule has 0 unspecified atom stereocenters. The Bertz CT molecular complexity index is 635. The van der Waals surface area contributed by atoms with Crippen LogP contribution in [0.25, 0.3) is 0 Å². The summed E-state index contributed by atoms with van der Waals surface area (Å²) in [5, 5.41) is 0. The van der Waals surface area contributed by atoms with Crippen molar-refractivity contribution < 1.29 is 0 Å². The zero-order valence-corrected chi connectivity index (χ0v) is 11.4. The molecule has 4 heteroatoms. The van der Waals surface area contributed by atoms with Crippen molar-refractivity contribution in [2.45, 2.75) is 29.8 Å². The number of nitrogens with zero attached hydrogens (tertiary/aromatic N) is 2. The fraction of sp³-hybridized carbons (Fsp3) is 0.333. The maximum atomic E-state index is 6.11. The monoisotopic (exact) mass is 269 g/mol. The van der Waals surface area contributed by atoms with Crippen molar-refractivity contribution in [2.75, 3.05) is 5.73 Å². The minimum absolute atomic E-state index is 0.0255. The van der Waals surface area contributed by atoms with E-state index in [-0.39, 0.29) is 5.41 Å². The van der Waals surface area contributed by atoms with Gasteiger partial charge < -0.3 is 5.73 Å². The molecule has 0 spiro atoms. The fourth-order valence-electron chi connectivity index (χ4n) is 2.81. The average Bonchev–Trinajstić information content (AvgIpc) is 3.12. The van der Waals surface area contributed by atoms with E-state index in [1.807, 2.05) is 17.8 Å². The van der Waals surface area contributed by atoms with Crippen LogP contribution in [0.15, 0.2) is 30.3 Å². The van der Waals surface area contributed by atoms with E-state index in [1.54, 1.807) is 0 Å². The molecule has 0 atom stereocenters. The van der Waals surface area contributed by atoms with Gasteiger partial charge in [-0.2, -0.15) is 11.8 Å². The van der Waals surface area contributed by atoms with Crippen LogP contribution in [-0.4, -0.2) is 9.97 Å². The Morgan fingerprint density at radius 2 is 1.84 bits per heavy atom. The number of hydrogen-bond acceptors (Lipinski definition) is 4. The van der Waals surface area contributed by atoms with Crippen LogP contribution in [0.3, 0.4) is 0 Å². The predicted molar refractivity (Wildman–Crippen MR) is 77.9 cm³/mol. The number of hydrogen-bond donors (Lipinski definition) is 1. The second-order valence-corrected chi connectivity index (χ2v) is 6.28. The maximum Gasteiger partial charge on any atom is 0.141 e. The van der Waals surface area contributed by atoms with Crippen LogP contribution in [0.2, 0.25) is 0 Å². The Balaban J connectivity index is 1.83. The fourth-order valence-corrected chi connectivity index (χ4v) is 3.87. The molecule has 2 aromatic rings. The van der Waals surface area contributed by atoms with E-state index < -0.39 is 0 Å². The smallest absolute Gasteiger partial charge is 0.141 e. The second-order valence-electron chi connectivity index (χ2n) is 5.30. The van der Waals surface area contributed by atoms with Crippen molar-refractivity contribution in [1.82, 2.24) is 9.97 Å². The zero-order valence-electron chi connectivity index (χ0n) is 10.6. The average molecular weight is 269 g/mol. The Labute approximate surface area is 116 Å². The van der Waals surface area contributed by atoms with Crippen molar-refractivity contribution in [2.24, 2.45) is 0 Å². The predicted octanol–water partition coefficient (Wildman–Crippen LogP) is 2.89. The summed E-state index contributed by atoms with van der Waals surface area (Å²) in [6.07, 6.45) is 2.25. The van der Waals surface area contributed by atoms with Gasteiger partial charge in [0.2, 0.25) is 0 Å². The highest BCUT2D eigenvalue weighted by atomic mass is 32.2. The highest BCUT2D eigenvalue weighted by Gasteiger charge is 2.49. The molecule has 4 rings (SSSR count). The lowest BCUT2D eigenvalue weighted by Gasteiger charge is -2.16. The SMILES string of the molecule is Nc1nc(C2(c3ccccc3)CC2)nc2c1CSC2. The van der Waals surface area contributed by atoms with E-state index in [2.05, 4.69) is 29.2 Å². The molecule has 0 amide bonds. The summed E-state index contributed by atoms with van der Waals surface area (Å²) in [5.41, 5.74) is 9.75. The highest BCUT2D eigenvalue weighted by Crippen LogP contribution is 2.52.